The Kier molecular flexibility index (Phi) is 3.18. The molecule has 110 valence electrons. The maximum Gasteiger partial charge on any atom is 0.339 e. The molecule has 1 aliphatic rings. The van der Waals surface area contributed by atoms with E-state index in [-0.39, 0.29) is 16.1 Å². The van der Waals surface area contributed by atoms with Gasteiger partial charge in [-0.1, -0.05) is 23.7 Å². The molecule has 0 saturated carbocycles. The smallest absolute Gasteiger partial charge is 0.339 e. The second kappa shape index (κ2) is 4.92. The lowest BCUT2D eigenvalue weighted by Crippen LogP contribution is -2.32. The summed E-state index contributed by atoms with van der Waals surface area (Å²) in [4.78, 5) is 36.5. The van der Waals surface area contributed by atoms with Crippen molar-refractivity contribution in [3.8, 4) is 0 Å². The van der Waals surface area contributed by atoms with Gasteiger partial charge in [0, 0.05) is 0 Å². The molecule has 7 heteroatoms. The van der Waals surface area contributed by atoms with Crippen molar-refractivity contribution >= 4 is 35.1 Å². The molecule has 0 bridgehead atoms. The van der Waals surface area contributed by atoms with Crippen LogP contribution in [0.2, 0.25) is 5.02 Å². The van der Waals surface area contributed by atoms with E-state index < -0.39 is 34.9 Å². The minimum absolute atomic E-state index is 0.0863. The topological polar surface area (TPSA) is 74.7 Å². The summed E-state index contributed by atoms with van der Waals surface area (Å²) in [5.41, 5.74) is -1.10. The van der Waals surface area contributed by atoms with Crippen molar-refractivity contribution in [1.82, 2.24) is 0 Å². The molecule has 1 aliphatic heterocycles. The van der Waals surface area contributed by atoms with Crippen LogP contribution in [0, 0.1) is 5.82 Å². The van der Waals surface area contributed by atoms with Gasteiger partial charge in [-0.15, -0.1) is 0 Å². The molecule has 2 amide bonds. The number of carbonyl (C=O) groups excluding carboxylic acids is 2. The molecule has 2 aromatic rings. The number of nitrogens with zero attached hydrogens (tertiary/aromatic N) is 1. The van der Waals surface area contributed by atoms with E-state index in [4.69, 9.17) is 11.6 Å². The van der Waals surface area contributed by atoms with E-state index in [9.17, 15) is 23.9 Å². The van der Waals surface area contributed by atoms with E-state index >= 15 is 0 Å². The number of carbonyl (C=O) groups is 3. The largest absolute Gasteiger partial charge is 0.478 e. The first kappa shape index (κ1) is 14.2. The highest BCUT2D eigenvalue weighted by Crippen LogP contribution is 2.35. The normalized spacial score (nSPS) is 13.5. The van der Waals surface area contributed by atoms with Gasteiger partial charge in [-0.3, -0.25) is 9.59 Å². The van der Waals surface area contributed by atoms with Crippen LogP contribution in [0.15, 0.2) is 36.4 Å². The summed E-state index contributed by atoms with van der Waals surface area (Å²) in [6.07, 6.45) is 0. The Morgan fingerprint density at radius 3 is 2.09 bits per heavy atom. The maximum atomic E-state index is 14.1. The molecule has 0 spiro atoms. The molecule has 22 heavy (non-hydrogen) atoms. The van der Waals surface area contributed by atoms with Gasteiger partial charge in [0.1, 0.15) is 17.1 Å². The molecule has 0 aromatic heterocycles. The van der Waals surface area contributed by atoms with E-state index in [1.54, 1.807) is 12.1 Å². The average Bonchev–Trinajstić information content (AvgIpc) is 2.73. The third-order valence-electron chi connectivity index (χ3n) is 3.31. The number of aromatic carboxylic acids is 1. The lowest BCUT2D eigenvalue weighted by molar-refractivity contribution is 0.0697. The van der Waals surface area contributed by atoms with E-state index in [1.165, 1.54) is 12.1 Å². The first-order valence-electron chi connectivity index (χ1n) is 6.12. The molecule has 5 nitrogen and oxygen atoms in total. The molecular formula is C15H7ClFNO4. The van der Waals surface area contributed by atoms with Crippen molar-refractivity contribution in [2.75, 3.05) is 4.90 Å². The quantitative estimate of drug-likeness (QED) is 0.863. The predicted octanol–water partition coefficient (Wildman–Crippen LogP) is 2.98. The number of anilines is 1. The van der Waals surface area contributed by atoms with Crippen LogP contribution in [0.4, 0.5) is 10.1 Å². The first-order chi connectivity index (χ1) is 10.4. The van der Waals surface area contributed by atoms with Crippen LogP contribution in [0.1, 0.15) is 31.1 Å². The molecule has 0 radical (unpaired) electrons. The number of hydrogen-bond acceptors (Lipinski definition) is 3. The Balaban J connectivity index is 2.27. The van der Waals surface area contributed by atoms with Crippen LogP contribution >= 0.6 is 11.6 Å². The summed E-state index contributed by atoms with van der Waals surface area (Å²) < 4.78 is 14.1. The van der Waals surface area contributed by atoms with Gasteiger partial charge < -0.3 is 5.11 Å². The highest BCUT2D eigenvalue weighted by molar-refractivity contribution is 6.38. The van der Waals surface area contributed by atoms with Crippen molar-refractivity contribution in [1.29, 1.82) is 0 Å². The molecule has 0 saturated heterocycles. The zero-order chi connectivity index (χ0) is 16.0. The van der Waals surface area contributed by atoms with Crippen molar-refractivity contribution in [2.24, 2.45) is 0 Å². The summed E-state index contributed by atoms with van der Waals surface area (Å²) in [5.74, 6) is -4.12. The van der Waals surface area contributed by atoms with Gasteiger partial charge in [0.05, 0.1) is 16.1 Å². The Morgan fingerprint density at radius 2 is 1.59 bits per heavy atom. The van der Waals surface area contributed by atoms with Gasteiger partial charge in [-0.25, -0.2) is 14.1 Å². The maximum absolute atomic E-state index is 14.1. The number of rotatable bonds is 2. The standard InChI is InChI=1S/C15H7ClFNO4/c16-9-5-6-10(17)12(11(9)15(21)22)18-13(19)7-3-1-2-4-8(7)14(18)20/h1-6H,(H,21,22). The SMILES string of the molecule is O=C(O)c1c(Cl)ccc(F)c1N1C(=O)c2ccccc2C1=O. The third kappa shape index (κ3) is 1.88. The number of carboxylic acids is 1. The lowest BCUT2D eigenvalue weighted by Gasteiger charge is -2.18. The molecule has 0 fully saturated rings. The summed E-state index contributed by atoms with van der Waals surface area (Å²) in [6, 6.07) is 7.91. The minimum Gasteiger partial charge on any atom is -0.478 e. The van der Waals surface area contributed by atoms with Crippen LogP contribution in [0.5, 0.6) is 0 Å². The summed E-state index contributed by atoms with van der Waals surface area (Å²) >= 11 is 5.78. The molecule has 0 aliphatic carbocycles. The van der Waals surface area contributed by atoms with E-state index in [0.29, 0.717) is 4.90 Å². The Hall–Kier alpha value is -2.73. The number of halogens is 2. The van der Waals surface area contributed by atoms with E-state index in [0.717, 1.165) is 12.1 Å². The van der Waals surface area contributed by atoms with Crippen molar-refractivity contribution in [2.45, 2.75) is 0 Å². The third-order valence-corrected chi connectivity index (χ3v) is 3.62. The molecule has 3 rings (SSSR count). The molecular weight excluding hydrogens is 313 g/mol. The fraction of sp³-hybridized carbons (Fsp3) is 0. The minimum atomic E-state index is -1.53. The van der Waals surface area contributed by atoms with Crippen LogP contribution in [-0.2, 0) is 0 Å². The Bertz CT molecular complexity index is 814. The predicted molar refractivity (Wildman–Crippen MR) is 76.0 cm³/mol. The van der Waals surface area contributed by atoms with E-state index in [2.05, 4.69) is 0 Å². The van der Waals surface area contributed by atoms with Gasteiger partial charge in [0.25, 0.3) is 11.8 Å². The number of benzene rings is 2. The van der Waals surface area contributed by atoms with Crippen molar-refractivity contribution in [3.05, 3.63) is 63.9 Å². The molecule has 0 unspecified atom stereocenters. The summed E-state index contributed by atoms with van der Waals surface area (Å²) in [7, 11) is 0. The van der Waals surface area contributed by atoms with Gasteiger partial charge in [0.15, 0.2) is 0 Å². The van der Waals surface area contributed by atoms with Crippen molar-refractivity contribution < 1.29 is 23.9 Å². The number of amides is 2. The van der Waals surface area contributed by atoms with Gasteiger partial charge in [-0.05, 0) is 24.3 Å². The molecule has 0 atom stereocenters. The van der Waals surface area contributed by atoms with Crippen LogP contribution in [0.25, 0.3) is 0 Å². The zero-order valence-electron chi connectivity index (χ0n) is 10.8. The summed E-state index contributed by atoms with van der Waals surface area (Å²) in [6.45, 7) is 0. The van der Waals surface area contributed by atoms with Crippen LogP contribution < -0.4 is 4.90 Å². The fourth-order valence-corrected chi connectivity index (χ4v) is 2.59. The fourth-order valence-electron chi connectivity index (χ4n) is 2.36. The number of carboxylic acid groups (broad SMARTS) is 1. The number of fused-ring (bicyclic) bond motifs is 1. The highest BCUT2D eigenvalue weighted by Gasteiger charge is 2.40. The van der Waals surface area contributed by atoms with Crippen LogP contribution in [-0.4, -0.2) is 22.9 Å². The van der Waals surface area contributed by atoms with Gasteiger partial charge in [-0.2, -0.15) is 0 Å². The van der Waals surface area contributed by atoms with Gasteiger partial charge >= 0.3 is 5.97 Å². The first-order valence-corrected chi connectivity index (χ1v) is 6.50. The second-order valence-electron chi connectivity index (χ2n) is 4.55. The number of hydrogen-bond donors (Lipinski definition) is 1. The van der Waals surface area contributed by atoms with Crippen LogP contribution in [0.3, 0.4) is 0 Å². The average molecular weight is 320 g/mol. The highest BCUT2D eigenvalue weighted by atomic mass is 35.5. The monoisotopic (exact) mass is 319 g/mol. The molecule has 1 heterocycles. The van der Waals surface area contributed by atoms with Crippen molar-refractivity contribution in [3.63, 3.8) is 0 Å². The lowest BCUT2D eigenvalue weighted by atomic mass is 10.1. The summed E-state index contributed by atoms with van der Waals surface area (Å²) in [5, 5.41) is 8.96. The molecule has 2 aromatic carbocycles. The Labute approximate surface area is 128 Å². The van der Waals surface area contributed by atoms with E-state index in [1.807, 2.05) is 0 Å². The van der Waals surface area contributed by atoms with Gasteiger partial charge in [0.2, 0.25) is 0 Å². The zero-order valence-corrected chi connectivity index (χ0v) is 11.6. The second-order valence-corrected chi connectivity index (χ2v) is 4.96. The Morgan fingerprint density at radius 1 is 1.05 bits per heavy atom. The number of imide groups is 1. The molecule has 1 N–H and O–H groups in total.